The molecule has 0 aliphatic carbocycles. The lowest BCUT2D eigenvalue weighted by molar-refractivity contribution is -0.133. The molecule has 1 aliphatic heterocycles. The van der Waals surface area contributed by atoms with Crippen molar-refractivity contribution in [3.05, 3.63) is 65.7 Å². The predicted molar refractivity (Wildman–Crippen MR) is 122 cm³/mol. The number of nitrogens with one attached hydrogen (secondary N) is 1. The summed E-state index contributed by atoms with van der Waals surface area (Å²) in [4.78, 5) is 19.5. The van der Waals surface area contributed by atoms with Crippen molar-refractivity contribution in [3.8, 4) is 11.3 Å². The Balaban J connectivity index is 1.68. The number of aromatic nitrogens is 2. The van der Waals surface area contributed by atoms with Crippen molar-refractivity contribution >= 4 is 17.4 Å². The van der Waals surface area contributed by atoms with E-state index in [0.717, 1.165) is 35.0 Å². The molecule has 0 unspecified atom stereocenters. The maximum absolute atomic E-state index is 13.5. The number of carbonyl (C=O) groups excluding carboxylic acids is 1. The highest BCUT2D eigenvalue weighted by Crippen LogP contribution is 2.33. The number of aryl methyl sites for hydroxylation is 1. The van der Waals surface area contributed by atoms with Crippen LogP contribution in [-0.4, -0.2) is 26.9 Å². The van der Waals surface area contributed by atoms with Gasteiger partial charge in [0.2, 0.25) is 5.91 Å². The lowest BCUT2D eigenvalue weighted by Gasteiger charge is -2.29. The summed E-state index contributed by atoms with van der Waals surface area (Å²) in [7, 11) is 0. The van der Waals surface area contributed by atoms with Crippen LogP contribution in [0.25, 0.3) is 11.3 Å². The summed E-state index contributed by atoms with van der Waals surface area (Å²) in [5, 5.41) is 3.51. The zero-order valence-electron chi connectivity index (χ0n) is 18.4. The third-order valence-electron chi connectivity index (χ3n) is 5.98. The lowest BCUT2D eigenvalue weighted by Crippen LogP contribution is -2.39. The number of rotatable bonds is 6. The molecule has 2 aromatic carbocycles. The van der Waals surface area contributed by atoms with Gasteiger partial charge in [-0.2, -0.15) is 0 Å². The van der Waals surface area contributed by atoms with E-state index in [4.69, 9.17) is 4.98 Å². The molecule has 1 aromatic heterocycles. The van der Waals surface area contributed by atoms with Crippen LogP contribution in [0.15, 0.2) is 48.5 Å². The number of anilines is 2. The van der Waals surface area contributed by atoms with E-state index in [1.807, 2.05) is 17.0 Å². The van der Waals surface area contributed by atoms with Crippen molar-refractivity contribution in [1.82, 2.24) is 14.5 Å². The Morgan fingerprint density at radius 3 is 2.52 bits per heavy atom. The van der Waals surface area contributed by atoms with Crippen LogP contribution in [0.1, 0.15) is 38.1 Å². The van der Waals surface area contributed by atoms with Gasteiger partial charge in [0.25, 0.3) is 0 Å². The predicted octanol–water partition coefficient (Wildman–Crippen LogP) is 5.52. The normalized spacial score (nSPS) is 14.3. The van der Waals surface area contributed by atoms with Gasteiger partial charge in [-0.05, 0) is 49.2 Å². The molecule has 5 nitrogen and oxygen atoms in total. The van der Waals surface area contributed by atoms with Crippen LogP contribution in [0.5, 0.6) is 0 Å². The number of amides is 1. The van der Waals surface area contributed by atoms with Gasteiger partial charge < -0.3 is 14.8 Å². The van der Waals surface area contributed by atoms with Crippen molar-refractivity contribution in [2.75, 3.05) is 11.9 Å². The molecule has 3 aromatic rings. The minimum atomic E-state index is -0.275. The molecule has 162 valence electrons. The van der Waals surface area contributed by atoms with E-state index >= 15 is 0 Å². The number of nitrogens with zero attached hydrogens (tertiary/aromatic N) is 3. The van der Waals surface area contributed by atoms with Crippen LogP contribution >= 0.6 is 0 Å². The van der Waals surface area contributed by atoms with Gasteiger partial charge in [0.1, 0.15) is 23.2 Å². The van der Waals surface area contributed by atoms with Gasteiger partial charge >= 0.3 is 0 Å². The fourth-order valence-electron chi connectivity index (χ4n) is 3.83. The number of fused-ring (bicyclic) bond motifs is 1. The first-order valence-corrected chi connectivity index (χ1v) is 10.9. The first-order valence-electron chi connectivity index (χ1n) is 10.9. The van der Waals surface area contributed by atoms with E-state index < -0.39 is 0 Å². The average molecular weight is 421 g/mol. The van der Waals surface area contributed by atoms with E-state index in [2.05, 4.69) is 42.8 Å². The molecule has 0 fully saturated rings. The molecule has 1 aliphatic rings. The SMILES string of the molecule is CC[C@H](C)CC(=O)N1CCn2c(nc(-c3ccc(F)cc3)c2Nc2ccc(C)cc2)C1. The number of imidazole rings is 1. The fourth-order valence-corrected chi connectivity index (χ4v) is 3.83. The van der Waals surface area contributed by atoms with Gasteiger partial charge in [0.15, 0.2) is 0 Å². The maximum Gasteiger partial charge on any atom is 0.223 e. The van der Waals surface area contributed by atoms with Crippen LogP contribution in [-0.2, 0) is 17.9 Å². The van der Waals surface area contributed by atoms with Crippen molar-refractivity contribution in [2.45, 2.75) is 46.7 Å². The van der Waals surface area contributed by atoms with E-state index in [9.17, 15) is 9.18 Å². The summed E-state index contributed by atoms with van der Waals surface area (Å²) in [6.45, 7) is 8.09. The summed E-state index contributed by atoms with van der Waals surface area (Å²) in [5.41, 5.74) is 3.77. The van der Waals surface area contributed by atoms with Gasteiger partial charge in [-0.1, -0.05) is 38.0 Å². The highest BCUT2D eigenvalue weighted by molar-refractivity contribution is 5.78. The molecule has 1 amide bonds. The minimum Gasteiger partial charge on any atom is -0.340 e. The van der Waals surface area contributed by atoms with Gasteiger partial charge in [-0.3, -0.25) is 4.79 Å². The number of halogens is 1. The van der Waals surface area contributed by atoms with Crippen LogP contribution in [0.2, 0.25) is 0 Å². The standard InChI is InChI=1S/C25H29FN4O/c1-4-17(2)15-23(31)29-13-14-30-22(16-29)28-24(19-7-9-20(26)10-8-19)25(30)27-21-11-5-18(3)6-12-21/h5-12,17,27H,4,13-16H2,1-3H3/t17-/m0/s1. The zero-order valence-corrected chi connectivity index (χ0v) is 18.4. The monoisotopic (exact) mass is 420 g/mol. The van der Waals surface area contributed by atoms with Gasteiger partial charge in [0, 0.05) is 30.8 Å². The van der Waals surface area contributed by atoms with Crippen LogP contribution in [0.3, 0.4) is 0 Å². The van der Waals surface area contributed by atoms with Gasteiger partial charge in [-0.25, -0.2) is 9.37 Å². The van der Waals surface area contributed by atoms with Crippen molar-refractivity contribution < 1.29 is 9.18 Å². The molecule has 4 rings (SSSR count). The number of hydrogen-bond donors (Lipinski definition) is 1. The molecule has 0 spiro atoms. The number of carbonyl (C=O) groups is 1. The Labute approximate surface area is 182 Å². The zero-order chi connectivity index (χ0) is 22.0. The maximum atomic E-state index is 13.5. The summed E-state index contributed by atoms with van der Waals surface area (Å²) in [6.07, 6.45) is 1.56. The molecule has 0 radical (unpaired) electrons. The summed E-state index contributed by atoms with van der Waals surface area (Å²) < 4.78 is 15.6. The number of hydrogen-bond acceptors (Lipinski definition) is 3. The largest absolute Gasteiger partial charge is 0.340 e. The van der Waals surface area contributed by atoms with Crippen molar-refractivity contribution in [1.29, 1.82) is 0 Å². The highest BCUT2D eigenvalue weighted by Gasteiger charge is 2.27. The second kappa shape index (κ2) is 8.92. The average Bonchev–Trinajstić information content (AvgIpc) is 3.13. The first kappa shape index (κ1) is 21.1. The molecule has 0 saturated carbocycles. The second-order valence-corrected chi connectivity index (χ2v) is 8.41. The van der Waals surface area contributed by atoms with Gasteiger partial charge in [0.05, 0.1) is 6.54 Å². The van der Waals surface area contributed by atoms with Gasteiger partial charge in [-0.15, -0.1) is 0 Å². The molecule has 0 bridgehead atoms. The van der Waals surface area contributed by atoms with Crippen LogP contribution < -0.4 is 5.32 Å². The van der Waals surface area contributed by atoms with Crippen LogP contribution in [0.4, 0.5) is 15.9 Å². The third-order valence-corrected chi connectivity index (χ3v) is 5.98. The van der Waals surface area contributed by atoms with E-state index in [1.165, 1.54) is 17.7 Å². The lowest BCUT2D eigenvalue weighted by atomic mass is 10.0. The first-order chi connectivity index (χ1) is 14.9. The Morgan fingerprint density at radius 1 is 1.13 bits per heavy atom. The molecule has 0 saturated heterocycles. The quantitative estimate of drug-likeness (QED) is 0.571. The topological polar surface area (TPSA) is 50.2 Å². The third kappa shape index (κ3) is 4.63. The second-order valence-electron chi connectivity index (χ2n) is 8.41. The number of benzene rings is 2. The fraction of sp³-hybridized carbons (Fsp3) is 0.360. The Morgan fingerprint density at radius 2 is 1.84 bits per heavy atom. The van der Waals surface area contributed by atoms with E-state index in [-0.39, 0.29) is 11.7 Å². The Bertz CT molecular complexity index is 1060. The summed E-state index contributed by atoms with van der Waals surface area (Å²) >= 11 is 0. The Hall–Kier alpha value is -3.15. The minimum absolute atomic E-state index is 0.181. The van der Waals surface area contributed by atoms with E-state index in [1.54, 1.807) is 12.1 Å². The summed E-state index contributed by atoms with van der Waals surface area (Å²) in [5.74, 6) is 2.00. The molecule has 6 heteroatoms. The highest BCUT2D eigenvalue weighted by atomic mass is 19.1. The molecule has 1 atom stereocenters. The molecule has 1 N–H and O–H groups in total. The van der Waals surface area contributed by atoms with Crippen molar-refractivity contribution in [2.24, 2.45) is 5.92 Å². The smallest absolute Gasteiger partial charge is 0.223 e. The summed E-state index contributed by atoms with van der Waals surface area (Å²) in [6, 6.07) is 14.6. The van der Waals surface area contributed by atoms with Crippen molar-refractivity contribution in [3.63, 3.8) is 0 Å². The van der Waals surface area contributed by atoms with E-state index in [0.29, 0.717) is 32.0 Å². The van der Waals surface area contributed by atoms with Crippen LogP contribution in [0, 0.1) is 18.7 Å². The molecule has 2 heterocycles. The molecular formula is C25H29FN4O. The molecular weight excluding hydrogens is 391 g/mol. The molecule has 31 heavy (non-hydrogen) atoms. The Kier molecular flexibility index (Phi) is 6.07.